The van der Waals surface area contributed by atoms with Crippen molar-refractivity contribution in [3.8, 4) is 11.4 Å². The largest absolute Gasteiger partial charge is 0.452 e. The summed E-state index contributed by atoms with van der Waals surface area (Å²) in [6.07, 6.45) is -2.63. The van der Waals surface area contributed by atoms with Gasteiger partial charge >= 0.3 is 12.1 Å². The van der Waals surface area contributed by atoms with E-state index in [1.54, 1.807) is 18.2 Å². The van der Waals surface area contributed by atoms with Crippen molar-refractivity contribution in [2.75, 3.05) is 6.26 Å². The Kier molecular flexibility index (Phi) is 5.50. The molecule has 2 aromatic carbocycles. The second-order valence-corrected chi connectivity index (χ2v) is 6.21. The molecule has 0 aliphatic carbocycles. The zero-order chi connectivity index (χ0) is 19.4. The maximum absolute atomic E-state index is 12.8. The number of esters is 1. The van der Waals surface area contributed by atoms with Crippen molar-refractivity contribution in [3.63, 3.8) is 0 Å². The molecule has 0 amide bonds. The zero-order valence-corrected chi connectivity index (χ0v) is 14.8. The number of hydrogen-bond donors (Lipinski definition) is 0. The quantitative estimate of drug-likeness (QED) is 0.456. The highest BCUT2D eigenvalue weighted by Crippen LogP contribution is 2.31. The van der Waals surface area contributed by atoms with Gasteiger partial charge in [0.15, 0.2) is 6.61 Å². The number of alkyl halides is 3. The molecule has 0 fully saturated rings. The number of rotatable bonds is 5. The van der Waals surface area contributed by atoms with Gasteiger partial charge in [0.1, 0.15) is 0 Å². The summed E-state index contributed by atoms with van der Waals surface area (Å²) in [5, 5.41) is 3.65. The molecule has 1 aromatic heterocycles. The lowest BCUT2D eigenvalue weighted by Crippen LogP contribution is -2.06. The van der Waals surface area contributed by atoms with E-state index in [1.165, 1.54) is 23.9 Å². The van der Waals surface area contributed by atoms with E-state index < -0.39 is 17.7 Å². The zero-order valence-electron chi connectivity index (χ0n) is 14.0. The molecule has 0 saturated carbocycles. The van der Waals surface area contributed by atoms with Crippen LogP contribution in [0.2, 0.25) is 0 Å². The van der Waals surface area contributed by atoms with Crippen molar-refractivity contribution in [1.29, 1.82) is 0 Å². The molecule has 0 radical (unpaired) electrons. The van der Waals surface area contributed by atoms with Crippen LogP contribution in [0.25, 0.3) is 11.4 Å². The van der Waals surface area contributed by atoms with Crippen LogP contribution in [0.1, 0.15) is 21.8 Å². The minimum absolute atomic E-state index is 0.0163. The Labute approximate surface area is 156 Å². The Balaban J connectivity index is 1.71. The van der Waals surface area contributed by atoms with E-state index in [9.17, 15) is 18.0 Å². The monoisotopic (exact) mass is 394 g/mol. The van der Waals surface area contributed by atoms with Gasteiger partial charge in [0.25, 0.3) is 5.89 Å². The first kappa shape index (κ1) is 19.0. The van der Waals surface area contributed by atoms with Crippen LogP contribution in [0.4, 0.5) is 13.2 Å². The van der Waals surface area contributed by atoms with Crippen molar-refractivity contribution >= 4 is 17.7 Å². The Bertz CT molecular complexity index is 957. The summed E-state index contributed by atoms with van der Waals surface area (Å²) in [6.45, 7) is -0.284. The fourth-order valence-corrected chi connectivity index (χ4v) is 2.87. The molecule has 0 unspecified atom stereocenters. The molecule has 140 valence electrons. The van der Waals surface area contributed by atoms with Crippen LogP contribution in [0.5, 0.6) is 0 Å². The number of thioether (sulfide) groups is 1. The molecule has 3 aromatic rings. The van der Waals surface area contributed by atoms with E-state index in [0.717, 1.165) is 17.0 Å². The minimum Gasteiger partial charge on any atom is -0.452 e. The summed E-state index contributed by atoms with van der Waals surface area (Å²) in [5.74, 6) is -0.590. The number of nitrogens with zero attached hydrogens (tertiary/aromatic N) is 2. The number of aromatic nitrogens is 2. The van der Waals surface area contributed by atoms with Crippen LogP contribution in [-0.4, -0.2) is 22.4 Å². The predicted molar refractivity (Wildman–Crippen MR) is 92.1 cm³/mol. The Morgan fingerprint density at radius 2 is 1.96 bits per heavy atom. The third-order valence-corrected chi connectivity index (χ3v) is 4.37. The summed E-state index contributed by atoms with van der Waals surface area (Å²) in [4.78, 5) is 16.9. The van der Waals surface area contributed by atoms with Crippen LogP contribution >= 0.6 is 11.8 Å². The van der Waals surface area contributed by atoms with Crippen molar-refractivity contribution in [2.24, 2.45) is 0 Å². The number of hydrogen-bond acceptors (Lipinski definition) is 6. The van der Waals surface area contributed by atoms with Gasteiger partial charge in [0.2, 0.25) is 5.82 Å². The van der Waals surface area contributed by atoms with Gasteiger partial charge in [-0.05, 0) is 30.5 Å². The topological polar surface area (TPSA) is 65.2 Å². The highest BCUT2D eigenvalue weighted by Gasteiger charge is 2.30. The van der Waals surface area contributed by atoms with Crippen molar-refractivity contribution < 1.29 is 27.2 Å². The molecular weight excluding hydrogens is 381 g/mol. The maximum atomic E-state index is 12.8. The van der Waals surface area contributed by atoms with Crippen molar-refractivity contribution in [3.05, 3.63) is 65.5 Å². The maximum Gasteiger partial charge on any atom is 0.416 e. The van der Waals surface area contributed by atoms with E-state index in [4.69, 9.17) is 9.26 Å². The molecular formula is C18H13F3N2O3S. The average Bonchev–Trinajstić information content (AvgIpc) is 3.14. The van der Waals surface area contributed by atoms with E-state index in [0.29, 0.717) is 5.56 Å². The van der Waals surface area contributed by atoms with Gasteiger partial charge in [-0.1, -0.05) is 29.4 Å². The first-order chi connectivity index (χ1) is 12.9. The van der Waals surface area contributed by atoms with E-state index >= 15 is 0 Å². The third kappa shape index (κ3) is 4.48. The summed E-state index contributed by atoms with van der Waals surface area (Å²) in [6, 6.07) is 11.5. The van der Waals surface area contributed by atoms with Gasteiger partial charge in [-0.25, -0.2) is 4.79 Å². The summed E-state index contributed by atoms with van der Waals surface area (Å²) < 4.78 is 48.5. The number of carbonyl (C=O) groups is 1. The SMILES string of the molecule is CSc1ccccc1C(=O)OCc1nc(-c2cccc(C(F)(F)F)c2)no1. The van der Waals surface area contributed by atoms with Crippen LogP contribution in [0.15, 0.2) is 57.9 Å². The number of halogens is 3. The van der Waals surface area contributed by atoms with Gasteiger partial charge < -0.3 is 9.26 Å². The molecule has 27 heavy (non-hydrogen) atoms. The predicted octanol–water partition coefficient (Wildman–Crippen LogP) is 4.83. The number of carbonyl (C=O) groups excluding carboxylic acids is 1. The molecule has 0 atom stereocenters. The lowest BCUT2D eigenvalue weighted by Gasteiger charge is -2.06. The standard InChI is InChI=1S/C18H13F3N2O3S/c1-27-14-8-3-2-7-13(14)17(24)25-10-15-22-16(23-26-15)11-5-4-6-12(9-11)18(19,20)21/h2-9H,10H2,1H3. The van der Waals surface area contributed by atoms with Crippen LogP contribution in [-0.2, 0) is 17.5 Å². The summed E-state index contributed by atoms with van der Waals surface area (Å²) in [7, 11) is 0. The van der Waals surface area contributed by atoms with Gasteiger partial charge in [0, 0.05) is 10.5 Å². The molecule has 1 heterocycles. The Hall–Kier alpha value is -2.81. The van der Waals surface area contributed by atoms with E-state index in [2.05, 4.69) is 10.1 Å². The van der Waals surface area contributed by atoms with E-state index in [1.807, 2.05) is 12.3 Å². The van der Waals surface area contributed by atoms with Crippen molar-refractivity contribution in [2.45, 2.75) is 17.7 Å². The lowest BCUT2D eigenvalue weighted by molar-refractivity contribution is -0.137. The fourth-order valence-electron chi connectivity index (χ4n) is 2.28. The van der Waals surface area contributed by atoms with Gasteiger partial charge in [-0.15, -0.1) is 11.8 Å². The second kappa shape index (κ2) is 7.83. The Morgan fingerprint density at radius 3 is 2.70 bits per heavy atom. The molecule has 0 spiro atoms. The molecule has 0 bridgehead atoms. The second-order valence-electron chi connectivity index (χ2n) is 5.37. The number of ether oxygens (including phenoxy) is 1. The van der Waals surface area contributed by atoms with Gasteiger partial charge in [-0.3, -0.25) is 0 Å². The highest BCUT2D eigenvalue weighted by atomic mass is 32.2. The smallest absolute Gasteiger partial charge is 0.416 e. The van der Waals surface area contributed by atoms with E-state index in [-0.39, 0.29) is 23.9 Å². The van der Waals surface area contributed by atoms with Crippen LogP contribution in [0, 0.1) is 0 Å². The Morgan fingerprint density at radius 1 is 1.19 bits per heavy atom. The van der Waals surface area contributed by atoms with Gasteiger partial charge in [0.05, 0.1) is 11.1 Å². The van der Waals surface area contributed by atoms with Crippen molar-refractivity contribution in [1.82, 2.24) is 10.1 Å². The molecule has 0 aliphatic heterocycles. The summed E-state index contributed by atoms with van der Waals surface area (Å²) >= 11 is 1.41. The normalized spacial score (nSPS) is 11.4. The molecule has 0 N–H and O–H groups in total. The van der Waals surface area contributed by atoms with Gasteiger partial charge in [-0.2, -0.15) is 18.2 Å². The molecule has 5 nitrogen and oxygen atoms in total. The summed E-state index contributed by atoms with van der Waals surface area (Å²) in [5.41, 5.74) is -0.257. The van der Waals surface area contributed by atoms with Crippen LogP contribution in [0.3, 0.4) is 0 Å². The first-order valence-electron chi connectivity index (χ1n) is 7.69. The molecule has 0 aliphatic rings. The number of benzene rings is 2. The molecule has 3 rings (SSSR count). The van der Waals surface area contributed by atoms with Crippen LogP contribution < -0.4 is 0 Å². The lowest BCUT2D eigenvalue weighted by atomic mass is 10.1. The molecule has 9 heteroatoms. The first-order valence-corrected chi connectivity index (χ1v) is 8.91. The highest BCUT2D eigenvalue weighted by molar-refractivity contribution is 7.98. The average molecular weight is 394 g/mol. The fraction of sp³-hybridized carbons (Fsp3) is 0.167. The molecule has 0 saturated heterocycles. The minimum atomic E-state index is -4.47. The third-order valence-electron chi connectivity index (χ3n) is 3.57.